The van der Waals surface area contributed by atoms with Gasteiger partial charge in [-0.2, -0.15) is 0 Å². The van der Waals surface area contributed by atoms with Gasteiger partial charge in [-0.05, 0) is 43.5 Å². The number of para-hydroxylation sites is 1. The van der Waals surface area contributed by atoms with E-state index in [1.165, 1.54) is 0 Å². The number of rotatable bonds is 6. The van der Waals surface area contributed by atoms with E-state index >= 15 is 0 Å². The first-order valence-electron chi connectivity index (χ1n) is 12.0. The second-order valence-electron chi connectivity index (χ2n) is 8.95. The molecule has 2 aromatic carbocycles. The monoisotopic (exact) mass is 482 g/mol. The number of nitrogens with zero attached hydrogens (tertiary/aromatic N) is 2. The second kappa shape index (κ2) is 11.5. The number of nitrogens with one attached hydrogen (secondary N) is 2. The summed E-state index contributed by atoms with van der Waals surface area (Å²) in [6, 6.07) is 14.4. The van der Waals surface area contributed by atoms with E-state index in [1.807, 2.05) is 11.0 Å². The first-order chi connectivity index (χ1) is 16.5. The van der Waals surface area contributed by atoms with Gasteiger partial charge in [-0.3, -0.25) is 19.3 Å². The van der Waals surface area contributed by atoms with Crippen LogP contribution in [0.1, 0.15) is 52.8 Å². The van der Waals surface area contributed by atoms with Gasteiger partial charge in [-0.25, -0.2) is 0 Å². The maximum atomic E-state index is 12.9. The third-order valence-corrected chi connectivity index (χ3v) is 6.81. The summed E-state index contributed by atoms with van der Waals surface area (Å²) in [6.07, 6.45) is 5.06. The summed E-state index contributed by atoms with van der Waals surface area (Å²) in [5.41, 5.74) is 1.51. The Morgan fingerprint density at radius 2 is 1.56 bits per heavy atom. The largest absolute Gasteiger partial charge is 0.349 e. The van der Waals surface area contributed by atoms with Crippen LogP contribution in [-0.2, 0) is 4.79 Å². The molecular weight excluding hydrogens is 452 g/mol. The topological polar surface area (TPSA) is 81.8 Å². The van der Waals surface area contributed by atoms with Gasteiger partial charge in [-0.1, -0.05) is 48.7 Å². The number of carbonyl (C=O) groups is 3. The van der Waals surface area contributed by atoms with E-state index in [-0.39, 0.29) is 30.3 Å². The maximum absolute atomic E-state index is 12.9. The fraction of sp³-hybridized carbons (Fsp3) is 0.423. The summed E-state index contributed by atoms with van der Waals surface area (Å²) in [5.74, 6) is -0.405. The van der Waals surface area contributed by atoms with Crippen molar-refractivity contribution in [3.05, 3.63) is 64.7 Å². The lowest BCUT2D eigenvalue weighted by atomic mass is 10.1. The van der Waals surface area contributed by atoms with Crippen molar-refractivity contribution in [2.45, 2.75) is 38.1 Å². The molecule has 2 fully saturated rings. The predicted molar refractivity (Wildman–Crippen MR) is 133 cm³/mol. The zero-order valence-electron chi connectivity index (χ0n) is 19.3. The lowest BCUT2D eigenvalue weighted by Crippen LogP contribution is -2.38. The molecule has 3 amide bonds. The summed E-state index contributed by atoms with van der Waals surface area (Å²) in [5, 5.41) is 6.44. The molecule has 0 unspecified atom stereocenters. The van der Waals surface area contributed by atoms with Crippen LogP contribution in [0.25, 0.3) is 0 Å². The molecule has 1 aliphatic carbocycles. The molecule has 0 radical (unpaired) electrons. The van der Waals surface area contributed by atoms with E-state index in [0.29, 0.717) is 48.0 Å². The molecule has 0 aromatic heterocycles. The Bertz CT molecular complexity index is 1040. The molecule has 2 aliphatic rings. The van der Waals surface area contributed by atoms with E-state index in [0.717, 1.165) is 32.1 Å². The lowest BCUT2D eigenvalue weighted by molar-refractivity contribution is -0.117. The molecule has 0 bridgehead atoms. The van der Waals surface area contributed by atoms with E-state index in [9.17, 15) is 14.4 Å². The van der Waals surface area contributed by atoms with Crippen LogP contribution in [0.3, 0.4) is 0 Å². The number of carbonyl (C=O) groups excluding carboxylic acids is 3. The lowest BCUT2D eigenvalue weighted by Gasteiger charge is -2.22. The Kier molecular flexibility index (Phi) is 8.19. The molecule has 0 spiro atoms. The van der Waals surface area contributed by atoms with Crippen molar-refractivity contribution in [2.75, 3.05) is 38.0 Å². The zero-order valence-corrected chi connectivity index (χ0v) is 20.0. The van der Waals surface area contributed by atoms with Crippen LogP contribution in [0, 0.1) is 0 Å². The van der Waals surface area contributed by atoms with E-state index in [4.69, 9.17) is 11.6 Å². The van der Waals surface area contributed by atoms with Crippen molar-refractivity contribution in [1.29, 1.82) is 0 Å². The number of benzene rings is 2. The predicted octanol–water partition coefficient (Wildman–Crippen LogP) is 3.80. The first kappa shape index (κ1) is 24.2. The smallest absolute Gasteiger partial charge is 0.255 e. The molecule has 1 heterocycles. The highest BCUT2D eigenvalue weighted by Crippen LogP contribution is 2.21. The number of hydrogen-bond acceptors (Lipinski definition) is 4. The molecular formula is C26H31ClN4O3. The molecule has 2 aromatic rings. The van der Waals surface area contributed by atoms with Gasteiger partial charge in [0.15, 0.2) is 0 Å². The Morgan fingerprint density at radius 1 is 0.853 bits per heavy atom. The number of amides is 3. The zero-order chi connectivity index (χ0) is 23.9. The highest BCUT2D eigenvalue weighted by Gasteiger charge is 2.24. The minimum absolute atomic E-state index is 0.0842. The Morgan fingerprint density at radius 3 is 2.32 bits per heavy atom. The molecule has 4 rings (SSSR count). The summed E-state index contributed by atoms with van der Waals surface area (Å²) in [4.78, 5) is 42.3. The summed E-state index contributed by atoms with van der Waals surface area (Å²) < 4.78 is 0. The van der Waals surface area contributed by atoms with Gasteiger partial charge in [0.25, 0.3) is 11.8 Å². The molecule has 1 saturated heterocycles. The van der Waals surface area contributed by atoms with Gasteiger partial charge in [-0.15, -0.1) is 0 Å². The van der Waals surface area contributed by atoms with Crippen LogP contribution >= 0.6 is 11.6 Å². The molecule has 1 saturated carbocycles. The van der Waals surface area contributed by atoms with Crippen molar-refractivity contribution < 1.29 is 14.4 Å². The minimum Gasteiger partial charge on any atom is -0.349 e. The average Bonchev–Trinajstić information content (AvgIpc) is 3.23. The summed E-state index contributed by atoms with van der Waals surface area (Å²) in [7, 11) is 0. The quantitative estimate of drug-likeness (QED) is 0.656. The second-order valence-corrected chi connectivity index (χ2v) is 9.36. The SMILES string of the molecule is O=C(CN1CCCN(C(=O)c2ccccc2Cl)CC1)Nc1ccccc1C(=O)NC1CCCC1. The van der Waals surface area contributed by atoms with E-state index in [1.54, 1.807) is 47.4 Å². The Balaban J connectivity index is 1.32. The average molecular weight is 483 g/mol. The van der Waals surface area contributed by atoms with Crippen LogP contribution in [0.15, 0.2) is 48.5 Å². The highest BCUT2D eigenvalue weighted by atomic mass is 35.5. The number of anilines is 1. The minimum atomic E-state index is -0.174. The standard InChI is InChI=1S/C26H31ClN4O3/c27-22-12-5-3-10-20(22)26(34)31-15-7-14-30(16-17-31)18-24(32)29-23-13-6-4-11-21(23)25(33)28-19-8-1-2-9-19/h3-6,10-13,19H,1-2,7-9,14-18H2,(H,28,33)(H,29,32). The molecule has 2 N–H and O–H groups in total. The fourth-order valence-corrected chi connectivity index (χ4v) is 4.87. The normalized spacial score (nSPS) is 17.3. The van der Waals surface area contributed by atoms with Crippen LogP contribution in [-0.4, -0.2) is 66.3 Å². The third kappa shape index (κ3) is 6.15. The van der Waals surface area contributed by atoms with E-state index in [2.05, 4.69) is 10.6 Å². The van der Waals surface area contributed by atoms with Gasteiger partial charge >= 0.3 is 0 Å². The molecule has 1 aliphatic heterocycles. The Hall–Kier alpha value is -2.90. The van der Waals surface area contributed by atoms with Crippen LogP contribution in [0.2, 0.25) is 5.02 Å². The van der Waals surface area contributed by atoms with Gasteiger partial charge < -0.3 is 15.5 Å². The van der Waals surface area contributed by atoms with Crippen LogP contribution in [0.5, 0.6) is 0 Å². The van der Waals surface area contributed by atoms with Crippen molar-refractivity contribution >= 4 is 35.0 Å². The number of halogens is 1. The third-order valence-electron chi connectivity index (χ3n) is 6.48. The number of hydrogen-bond donors (Lipinski definition) is 2. The van der Waals surface area contributed by atoms with Crippen molar-refractivity contribution in [3.8, 4) is 0 Å². The van der Waals surface area contributed by atoms with Crippen LogP contribution < -0.4 is 10.6 Å². The Labute approximate surface area is 205 Å². The van der Waals surface area contributed by atoms with Crippen LogP contribution in [0.4, 0.5) is 5.69 Å². The maximum Gasteiger partial charge on any atom is 0.255 e. The molecule has 7 nitrogen and oxygen atoms in total. The van der Waals surface area contributed by atoms with Crippen molar-refractivity contribution in [3.63, 3.8) is 0 Å². The van der Waals surface area contributed by atoms with E-state index < -0.39 is 0 Å². The van der Waals surface area contributed by atoms with Gasteiger partial charge in [0, 0.05) is 32.2 Å². The molecule has 34 heavy (non-hydrogen) atoms. The molecule has 0 atom stereocenters. The highest BCUT2D eigenvalue weighted by molar-refractivity contribution is 6.33. The van der Waals surface area contributed by atoms with Gasteiger partial charge in [0.05, 0.1) is 28.4 Å². The van der Waals surface area contributed by atoms with Gasteiger partial charge in [0.2, 0.25) is 5.91 Å². The molecule has 180 valence electrons. The molecule has 8 heteroatoms. The fourth-order valence-electron chi connectivity index (χ4n) is 4.65. The van der Waals surface area contributed by atoms with Crippen molar-refractivity contribution in [2.24, 2.45) is 0 Å². The summed E-state index contributed by atoms with van der Waals surface area (Å²) in [6.45, 7) is 2.65. The van der Waals surface area contributed by atoms with Crippen molar-refractivity contribution in [1.82, 2.24) is 15.1 Å². The summed E-state index contributed by atoms with van der Waals surface area (Å²) >= 11 is 6.20. The first-order valence-corrected chi connectivity index (χ1v) is 12.3. The van der Waals surface area contributed by atoms with Gasteiger partial charge in [0.1, 0.15) is 0 Å².